The number of thioether (sulfide) groups is 1. The number of anilines is 6. The zero-order chi connectivity index (χ0) is 56.3. The molecule has 8 rings (SSSR count). The zero-order valence-electron chi connectivity index (χ0n) is 40.5. The summed E-state index contributed by atoms with van der Waals surface area (Å²) in [5.74, 6) is 3.65. The van der Waals surface area contributed by atoms with E-state index in [1.54, 1.807) is 48.5 Å². The molecule has 78 heavy (non-hydrogen) atoms. The molecule has 0 fully saturated rings. The fraction of sp³-hybridized carbons (Fsp3) is 0.191. The summed E-state index contributed by atoms with van der Waals surface area (Å²) in [4.78, 5) is 25.6. The summed E-state index contributed by atoms with van der Waals surface area (Å²) < 4.78 is 116. The van der Waals surface area contributed by atoms with Crippen molar-refractivity contribution in [2.24, 2.45) is 0 Å². The zero-order valence-corrected chi connectivity index (χ0v) is 43.8. The van der Waals surface area contributed by atoms with Gasteiger partial charge in [-0.25, -0.2) is 23.4 Å². The van der Waals surface area contributed by atoms with Crippen molar-refractivity contribution >= 4 is 93.7 Å². The quantitative estimate of drug-likeness (QED) is 0.00472. The molecule has 0 amide bonds. The first kappa shape index (κ1) is 59.1. The molecule has 0 saturated carbocycles. The summed E-state index contributed by atoms with van der Waals surface area (Å²) in [7, 11) is -3.61. The Morgan fingerprint density at radius 1 is 0.679 bits per heavy atom. The second-order valence-corrected chi connectivity index (χ2v) is 20.0. The Balaban J connectivity index is 0.000000225. The fourth-order valence-corrected chi connectivity index (χ4v) is 8.37. The van der Waals surface area contributed by atoms with E-state index in [4.69, 9.17) is 31.8 Å². The van der Waals surface area contributed by atoms with Crippen molar-refractivity contribution in [2.45, 2.75) is 45.4 Å². The van der Waals surface area contributed by atoms with Gasteiger partial charge in [-0.1, -0.05) is 47.8 Å². The Morgan fingerprint density at radius 2 is 1.21 bits per heavy atom. The number of nitrogens with one attached hydrogen (secondary N) is 6. The summed E-state index contributed by atoms with van der Waals surface area (Å²) in [5, 5.41) is 32.7. The van der Waals surface area contributed by atoms with E-state index in [0.717, 1.165) is 60.4 Å². The van der Waals surface area contributed by atoms with Gasteiger partial charge in [0.1, 0.15) is 22.4 Å². The number of thiol groups is 1. The number of alkyl halides is 6. The average molecular weight is 1160 g/mol. The fourth-order valence-electron chi connectivity index (χ4n) is 6.05. The number of aromatic amines is 2. The number of halogens is 6. The molecule has 0 aliphatic heterocycles. The summed E-state index contributed by atoms with van der Waals surface area (Å²) in [6, 6.07) is 26.4. The van der Waals surface area contributed by atoms with Crippen LogP contribution in [0.25, 0.3) is 22.8 Å². The molecule has 0 aliphatic carbocycles. The van der Waals surface area contributed by atoms with Crippen molar-refractivity contribution in [3.8, 4) is 34.4 Å². The van der Waals surface area contributed by atoms with Crippen LogP contribution in [0.3, 0.4) is 0 Å². The molecule has 4 aromatic heterocycles. The number of sulfone groups is 1. The largest absolute Gasteiger partial charge is 0.484 e. The van der Waals surface area contributed by atoms with Crippen LogP contribution in [0.1, 0.15) is 24.0 Å². The molecule has 4 aromatic carbocycles. The van der Waals surface area contributed by atoms with Crippen molar-refractivity contribution in [1.29, 1.82) is 10.8 Å². The predicted molar refractivity (Wildman–Crippen MR) is 287 cm³/mol. The van der Waals surface area contributed by atoms with Crippen LogP contribution < -0.4 is 26.8 Å². The van der Waals surface area contributed by atoms with E-state index < -0.39 is 33.3 Å². The minimum absolute atomic E-state index is 0.0389. The lowest BCUT2D eigenvalue weighted by molar-refractivity contribution is -0.138. The van der Waals surface area contributed by atoms with Crippen LogP contribution in [0.5, 0.6) is 11.6 Å². The first-order chi connectivity index (χ1) is 37.2. The molecule has 0 unspecified atom stereocenters. The van der Waals surface area contributed by atoms with Crippen molar-refractivity contribution in [3.05, 3.63) is 120 Å². The number of hydrogen-bond acceptors (Lipinski definition) is 22. The highest BCUT2D eigenvalue weighted by atomic mass is 32.2. The van der Waals surface area contributed by atoms with Crippen LogP contribution in [-0.2, 0) is 31.7 Å². The normalized spacial score (nSPS) is 11.3. The van der Waals surface area contributed by atoms with Gasteiger partial charge in [-0.15, -0.1) is 10.2 Å². The number of hydrogen-bond donors (Lipinski definition) is 9. The third-order valence-corrected chi connectivity index (χ3v) is 12.5. The molecule has 4 heterocycles. The van der Waals surface area contributed by atoms with E-state index in [-0.39, 0.29) is 45.9 Å². The van der Waals surface area contributed by atoms with Crippen LogP contribution >= 0.6 is 36.2 Å². The third kappa shape index (κ3) is 18.8. The molecule has 0 radical (unpaired) electrons. The average Bonchev–Trinajstić information content (AvgIpc) is 4.07. The molecule has 0 bridgehead atoms. The molecule has 410 valence electrons. The molecule has 8 aromatic rings. The van der Waals surface area contributed by atoms with Gasteiger partial charge in [0.05, 0.1) is 24.3 Å². The van der Waals surface area contributed by atoms with E-state index in [9.17, 15) is 34.8 Å². The maximum absolute atomic E-state index is 12.9. The van der Waals surface area contributed by atoms with E-state index in [1.165, 1.54) is 59.9 Å². The number of H-pyrrole nitrogens is 2. The van der Waals surface area contributed by atoms with E-state index in [0.29, 0.717) is 64.1 Å². The molecule has 0 spiro atoms. The van der Waals surface area contributed by atoms with Gasteiger partial charge in [-0.05, 0) is 91.4 Å². The number of benzene rings is 4. The van der Waals surface area contributed by atoms with Crippen molar-refractivity contribution in [3.63, 3.8) is 0 Å². The highest BCUT2D eigenvalue weighted by Gasteiger charge is 2.31. The number of nitrogens with two attached hydrogens (primary N) is 2. The van der Waals surface area contributed by atoms with Gasteiger partial charge in [-0.3, -0.25) is 21.0 Å². The van der Waals surface area contributed by atoms with Crippen LogP contribution in [0.4, 0.5) is 61.2 Å². The van der Waals surface area contributed by atoms with Crippen LogP contribution in [0, 0.1) is 10.8 Å². The molecule has 31 heteroatoms. The lowest BCUT2D eigenvalue weighted by Gasteiger charge is -2.08. The van der Waals surface area contributed by atoms with Gasteiger partial charge in [0.2, 0.25) is 32.8 Å². The molecule has 21 nitrogen and oxygen atoms in total. The minimum Gasteiger partial charge on any atom is -0.484 e. The maximum Gasteiger partial charge on any atom is 0.416 e. The van der Waals surface area contributed by atoms with Gasteiger partial charge < -0.3 is 36.3 Å². The van der Waals surface area contributed by atoms with E-state index >= 15 is 0 Å². The molecule has 0 atom stereocenters. The SMILES string of the molecule is CS(=O)(=O)c1nc(N)cc(Sc2ccc(-c3nc(Nc4cccc(C(F)(F)F)c4)n[nH]3)cc2)n1.N=COCCCS.N=COCCCSc1nc(N)cc(Oc2ccc(-c3nc(Nc4cccc(C(F)(F)F)c4)n[nH]3)cc2)n1. The van der Waals surface area contributed by atoms with Crippen LogP contribution in [-0.4, -0.2) is 102 Å². The summed E-state index contributed by atoms with van der Waals surface area (Å²) in [6.07, 6.45) is -4.42. The second kappa shape index (κ2) is 27.8. The second-order valence-electron chi connectivity index (χ2n) is 15.5. The number of nitrogen functional groups attached to an aromatic ring is 2. The summed E-state index contributed by atoms with van der Waals surface area (Å²) >= 11 is 6.53. The van der Waals surface area contributed by atoms with Crippen LogP contribution in [0.15, 0.2) is 129 Å². The Hall–Kier alpha value is -8.16. The first-order valence-electron chi connectivity index (χ1n) is 22.4. The van der Waals surface area contributed by atoms with Gasteiger partial charge in [-0.2, -0.15) is 53.9 Å². The Labute approximate surface area is 454 Å². The molecule has 10 N–H and O–H groups in total. The van der Waals surface area contributed by atoms with Crippen LogP contribution in [0.2, 0.25) is 0 Å². The standard InChI is InChI=1S/C23H21F3N8O2S.C20H16F3N7O2S2.C4H9NOS/c24-23(25,26)15-3-1-4-16(11-15)29-21-32-20(33-34-21)14-5-7-17(8-6-14)36-19-12-18(28)30-22(31-19)37-10-2-9-35-13-27;1-34(31,32)19-26-15(24)10-16(27-19)33-14-7-5-11(6-8-14)17-28-18(30-29-17)25-13-4-2-3-12(9-13)20(21,22)23;5-4-6-2-1-3-7/h1,3-8,11-13,27H,2,9-10H2,(H2,28,30,31)(H2,29,32,33,34);2-10H,1H3,(H2,24,26,27)(H2,25,28,29,30);4-5,7H,1-3H2. The third-order valence-electron chi connectivity index (χ3n) is 9.52. The van der Waals surface area contributed by atoms with Crippen molar-refractivity contribution in [1.82, 2.24) is 50.3 Å². The highest BCUT2D eigenvalue weighted by molar-refractivity contribution is 7.99. The number of rotatable bonds is 21. The van der Waals surface area contributed by atoms with Crippen molar-refractivity contribution < 1.29 is 49.0 Å². The lowest BCUT2D eigenvalue weighted by atomic mass is 10.2. The predicted octanol–water partition coefficient (Wildman–Crippen LogP) is 10.6. The van der Waals surface area contributed by atoms with E-state index in [1.807, 2.05) is 0 Å². The van der Waals surface area contributed by atoms with Gasteiger partial charge in [0, 0.05) is 51.5 Å². The Kier molecular flexibility index (Phi) is 21.0. The lowest BCUT2D eigenvalue weighted by Crippen LogP contribution is -2.06. The number of nitrogens with zero attached hydrogens (tertiary/aromatic N) is 8. The van der Waals surface area contributed by atoms with E-state index in [2.05, 4.69) is 78.3 Å². The summed E-state index contributed by atoms with van der Waals surface area (Å²) in [6.45, 7) is 1.05. The minimum atomic E-state index is -4.45. The molecular formula is C47H46F6N16O5S4. The topological polar surface area (TPSA) is 320 Å². The number of ether oxygens (including phenoxy) is 3. The van der Waals surface area contributed by atoms with Gasteiger partial charge >= 0.3 is 12.4 Å². The Bertz CT molecular complexity index is 3360. The number of aromatic nitrogens is 10. The summed E-state index contributed by atoms with van der Waals surface area (Å²) in [5.41, 5.74) is 11.8. The monoisotopic (exact) mass is 1160 g/mol. The maximum atomic E-state index is 12.9. The Morgan fingerprint density at radius 3 is 1.72 bits per heavy atom. The molecule has 0 aliphatic rings. The first-order valence-corrected chi connectivity index (χ1v) is 26.8. The van der Waals surface area contributed by atoms with Gasteiger partial charge in [0.25, 0.3) is 0 Å². The molecule has 0 saturated heterocycles. The van der Waals surface area contributed by atoms with Crippen molar-refractivity contribution in [2.75, 3.05) is 53.1 Å². The smallest absolute Gasteiger partial charge is 0.416 e. The van der Waals surface area contributed by atoms with Gasteiger partial charge in [0.15, 0.2) is 29.6 Å². The molecular weight excluding hydrogens is 1110 g/mol. The highest BCUT2D eigenvalue weighted by Crippen LogP contribution is 2.34.